The van der Waals surface area contributed by atoms with Crippen molar-refractivity contribution in [2.24, 2.45) is 0 Å². The zero-order valence-corrected chi connectivity index (χ0v) is 16.8. The lowest BCUT2D eigenvalue weighted by Gasteiger charge is -2.09. The van der Waals surface area contributed by atoms with Crippen LogP contribution in [0.25, 0.3) is 10.1 Å². The van der Waals surface area contributed by atoms with Crippen LogP contribution in [0, 0.1) is 0 Å². The number of amides is 2. The molecule has 0 unspecified atom stereocenters. The van der Waals surface area contributed by atoms with Crippen molar-refractivity contribution in [3.05, 3.63) is 94.1 Å². The Morgan fingerprint density at radius 2 is 1.79 bits per heavy atom. The van der Waals surface area contributed by atoms with E-state index in [2.05, 4.69) is 15.6 Å². The number of rotatable bonds is 5. The van der Waals surface area contributed by atoms with Crippen molar-refractivity contribution in [1.29, 1.82) is 0 Å². The Labute approximate surface area is 176 Å². The maximum atomic E-state index is 12.6. The molecule has 0 aliphatic heterocycles. The fourth-order valence-corrected chi connectivity index (χ4v) is 4.11. The number of hydrogen-bond donors (Lipinski definition) is 2. The zero-order chi connectivity index (χ0) is 20.2. The first-order valence-electron chi connectivity index (χ1n) is 8.87. The molecule has 29 heavy (non-hydrogen) atoms. The summed E-state index contributed by atoms with van der Waals surface area (Å²) in [7, 11) is 0. The summed E-state index contributed by atoms with van der Waals surface area (Å²) >= 11 is 7.80. The van der Waals surface area contributed by atoms with E-state index in [1.54, 1.807) is 24.4 Å². The topological polar surface area (TPSA) is 71.1 Å². The molecule has 0 atom stereocenters. The van der Waals surface area contributed by atoms with Crippen molar-refractivity contribution in [3.63, 3.8) is 0 Å². The monoisotopic (exact) mass is 421 g/mol. The van der Waals surface area contributed by atoms with Crippen molar-refractivity contribution < 1.29 is 9.59 Å². The van der Waals surface area contributed by atoms with Gasteiger partial charge in [-0.05, 0) is 36.4 Å². The number of nitrogens with one attached hydrogen (secondary N) is 2. The van der Waals surface area contributed by atoms with Crippen LogP contribution in [-0.4, -0.2) is 16.8 Å². The fraction of sp³-hybridized carbons (Fsp3) is 0.0455. The van der Waals surface area contributed by atoms with Crippen LogP contribution in [-0.2, 0) is 6.54 Å². The number of aromatic nitrogens is 1. The number of carbonyl (C=O) groups is 2. The number of pyridine rings is 1. The van der Waals surface area contributed by atoms with Crippen LogP contribution < -0.4 is 10.6 Å². The lowest BCUT2D eigenvalue weighted by atomic mass is 10.1. The molecular weight excluding hydrogens is 406 g/mol. The Kier molecular flexibility index (Phi) is 5.55. The molecule has 5 nitrogen and oxygen atoms in total. The third-order valence-electron chi connectivity index (χ3n) is 4.35. The van der Waals surface area contributed by atoms with Crippen LogP contribution in [0.1, 0.15) is 26.4 Å². The van der Waals surface area contributed by atoms with Gasteiger partial charge in [-0.2, -0.15) is 0 Å². The van der Waals surface area contributed by atoms with Crippen molar-refractivity contribution in [1.82, 2.24) is 10.3 Å². The minimum absolute atomic E-state index is 0.217. The van der Waals surface area contributed by atoms with Crippen LogP contribution in [0.4, 0.5) is 5.69 Å². The summed E-state index contributed by atoms with van der Waals surface area (Å²) in [4.78, 5) is 29.2. The smallest absolute Gasteiger partial charge is 0.257 e. The predicted molar refractivity (Wildman–Crippen MR) is 117 cm³/mol. The minimum atomic E-state index is -0.303. The first-order valence-corrected chi connectivity index (χ1v) is 10.1. The van der Waals surface area contributed by atoms with Crippen molar-refractivity contribution in [3.8, 4) is 0 Å². The number of hydrogen-bond acceptors (Lipinski definition) is 4. The van der Waals surface area contributed by atoms with Crippen molar-refractivity contribution in [2.45, 2.75) is 6.54 Å². The van der Waals surface area contributed by atoms with Crippen LogP contribution >= 0.6 is 22.9 Å². The summed E-state index contributed by atoms with van der Waals surface area (Å²) in [5.74, 6) is -0.520. The highest BCUT2D eigenvalue weighted by atomic mass is 35.5. The van der Waals surface area contributed by atoms with E-state index in [-0.39, 0.29) is 16.8 Å². The molecule has 0 radical (unpaired) electrons. The molecule has 0 aliphatic carbocycles. The highest BCUT2D eigenvalue weighted by molar-refractivity contribution is 7.17. The average molecular weight is 422 g/mol. The lowest BCUT2D eigenvalue weighted by molar-refractivity contribution is 0.0950. The summed E-state index contributed by atoms with van der Waals surface area (Å²) in [6.07, 6.45) is 1.67. The second-order valence-corrected chi connectivity index (χ2v) is 7.62. The van der Waals surface area contributed by atoms with Crippen LogP contribution in [0.2, 0.25) is 5.02 Å². The molecule has 4 aromatic rings. The second kappa shape index (κ2) is 8.43. The minimum Gasteiger partial charge on any atom is -0.346 e. The van der Waals surface area contributed by atoms with E-state index in [1.165, 1.54) is 11.3 Å². The summed E-state index contributed by atoms with van der Waals surface area (Å²) < 4.78 is 1.05. The van der Waals surface area contributed by atoms with E-state index < -0.39 is 0 Å². The number of carbonyl (C=O) groups excluding carboxylic acids is 2. The lowest BCUT2D eigenvalue weighted by Crippen LogP contribution is -2.23. The van der Waals surface area contributed by atoms with E-state index in [4.69, 9.17) is 11.6 Å². The van der Waals surface area contributed by atoms with E-state index in [0.717, 1.165) is 15.8 Å². The van der Waals surface area contributed by atoms with Gasteiger partial charge in [-0.15, -0.1) is 11.3 Å². The van der Waals surface area contributed by atoms with Gasteiger partial charge in [0.25, 0.3) is 11.8 Å². The number of benzene rings is 2. The van der Waals surface area contributed by atoms with Crippen LogP contribution in [0.5, 0.6) is 0 Å². The standard InChI is InChI=1S/C22H16ClN3O2S/c23-19-11-14(26-22(28)18-13-29-20-7-2-1-6-16(18)20)8-9-17(19)21(27)25-12-15-5-3-4-10-24-15/h1-11,13H,12H2,(H,25,27)(H,26,28). The molecule has 2 amide bonds. The highest BCUT2D eigenvalue weighted by Crippen LogP contribution is 2.27. The van der Waals surface area contributed by atoms with E-state index >= 15 is 0 Å². The molecule has 2 aromatic heterocycles. The van der Waals surface area contributed by atoms with Crippen LogP contribution in [0.15, 0.2) is 72.2 Å². The van der Waals surface area contributed by atoms with Crippen molar-refractivity contribution in [2.75, 3.05) is 5.32 Å². The molecule has 0 spiro atoms. The third-order valence-corrected chi connectivity index (χ3v) is 5.63. The number of nitrogens with zero attached hydrogens (tertiary/aromatic N) is 1. The summed E-state index contributed by atoms with van der Waals surface area (Å²) in [6, 6.07) is 18.1. The predicted octanol–water partition coefficient (Wildman–Crippen LogP) is 5.13. The maximum absolute atomic E-state index is 12.6. The molecule has 4 rings (SSSR count). The molecule has 0 saturated carbocycles. The fourth-order valence-electron chi connectivity index (χ4n) is 2.90. The molecule has 0 fully saturated rings. The number of halogens is 1. The Morgan fingerprint density at radius 1 is 0.966 bits per heavy atom. The van der Waals surface area contributed by atoms with Gasteiger partial charge in [-0.25, -0.2) is 0 Å². The molecule has 144 valence electrons. The van der Waals surface area contributed by atoms with Gasteiger partial charge in [0.05, 0.1) is 28.4 Å². The van der Waals surface area contributed by atoms with Gasteiger partial charge >= 0.3 is 0 Å². The normalized spacial score (nSPS) is 10.7. The van der Waals surface area contributed by atoms with Gasteiger partial charge in [-0.1, -0.05) is 35.9 Å². The Morgan fingerprint density at radius 3 is 2.59 bits per heavy atom. The summed E-state index contributed by atoms with van der Waals surface area (Å²) in [5, 5.41) is 8.63. The third kappa shape index (κ3) is 4.29. The highest BCUT2D eigenvalue weighted by Gasteiger charge is 2.15. The second-order valence-electron chi connectivity index (χ2n) is 6.30. The Bertz CT molecular complexity index is 1190. The largest absolute Gasteiger partial charge is 0.346 e. The average Bonchev–Trinajstić information content (AvgIpc) is 3.17. The van der Waals surface area contributed by atoms with E-state index in [0.29, 0.717) is 23.4 Å². The van der Waals surface area contributed by atoms with Crippen LogP contribution in [0.3, 0.4) is 0 Å². The van der Waals surface area contributed by atoms with Gasteiger partial charge in [0.15, 0.2) is 0 Å². The zero-order valence-electron chi connectivity index (χ0n) is 15.2. The molecular formula is C22H16ClN3O2S. The molecule has 2 aromatic carbocycles. The molecule has 2 N–H and O–H groups in total. The number of anilines is 1. The van der Waals surface area contributed by atoms with Gasteiger partial charge in [-0.3, -0.25) is 14.6 Å². The van der Waals surface area contributed by atoms with Crippen molar-refractivity contribution >= 4 is 50.5 Å². The van der Waals surface area contributed by atoms with Gasteiger partial charge in [0, 0.05) is 27.4 Å². The van der Waals surface area contributed by atoms with E-state index in [1.807, 2.05) is 47.8 Å². The van der Waals surface area contributed by atoms with Gasteiger partial charge < -0.3 is 10.6 Å². The summed E-state index contributed by atoms with van der Waals surface area (Å²) in [6.45, 7) is 0.305. The van der Waals surface area contributed by atoms with Gasteiger partial charge in [0.1, 0.15) is 0 Å². The molecule has 0 saturated heterocycles. The number of thiophene rings is 1. The first kappa shape index (κ1) is 19.1. The van der Waals surface area contributed by atoms with Gasteiger partial charge in [0.2, 0.25) is 0 Å². The molecule has 0 aliphatic rings. The van der Waals surface area contributed by atoms with E-state index in [9.17, 15) is 9.59 Å². The quantitative estimate of drug-likeness (QED) is 0.469. The SMILES string of the molecule is O=C(NCc1ccccn1)c1ccc(NC(=O)c2csc3ccccc23)cc1Cl. The summed E-state index contributed by atoms with van der Waals surface area (Å²) in [5.41, 5.74) is 2.22. The Hall–Kier alpha value is -3.22. The Balaban J connectivity index is 1.45. The molecule has 7 heteroatoms. The molecule has 2 heterocycles. The molecule has 0 bridgehead atoms. The first-order chi connectivity index (χ1) is 14.1. The maximum Gasteiger partial charge on any atom is 0.257 e. The number of fused-ring (bicyclic) bond motifs is 1.